The molecule has 1 aliphatic heterocycles. The Bertz CT molecular complexity index is 537. The van der Waals surface area contributed by atoms with Crippen LogP contribution >= 0.6 is 15.9 Å². The molecular weight excluding hydrogens is 294 g/mol. The third kappa shape index (κ3) is 2.20. The van der Waals surface area contributed by atoms with Gasteiger partial charge in [0.1, 0.15) is 0 Å². The van der Waals surface area contributed by atoms with Crippen LogP contribution in [0.1, 0.15) is 24.8 Å². The molecule has 0 amide bonds. The van der Waals surface area contributed by atoms with E-state index < -0.39 is 0 Å². The van der Waals surface area contributed by atoms with Crippen molar-refractivity contribution in [1.29, 1.82) is 0 Å². The maximum absolute atomic E-state index is 5.39. The highest BCUT2D eigenvalue weighted by Crippen LogP contribution is 2.30. The Hall–Kier alpha value is -1.20. The average molecular weight is 308 g/mol. The Balaban J connectivity index is 1.87. The van der Waals surface area contributed by atoms with Crippen LogP contribution in [-0.4, -0.2) is 28.6 Å². The van der Waals surface area contributed by atoms with E-state index in [1.165, 1.54) is 6.42 Å². The predicted molar refractivity (Wildman–Crippen MR) is 72.0 cm³/mol. The quantitative estimate of drug-likeness (QED) is 0.854. The fourth-order valence-electron chi connectivity index (χ4n) is 2.31. The summed E-state index contributed by atoms with van der Waals surface area (Å²) in [5.41, 5.74) is 0.980. The maximum Gasteiger partial charge on any atom is 0.244 e. The first kappa shape index (κ1) is 11.9. The number of nitrogens with zero attached hydrogens (tertiary/aromatic N) is 3. The maximum atomic E-state index is 5.39. The molecule has 1 aliphatic rings. The van der Waals surface area contributed by atoms with Crippen molar-refractivity contribution in [1.82, 2.24) is 15.0 Å². The van der Waals surface area contributed by atoms with Crippen molar-refractivity contribution < 1.29 is 4.52 Å². The van der Waals surface area contributed by atoms with Gasteiger partial charge in [0, 0.05) is 10.0 Å². The van der Waals surface area contributed by atoms with Gasteiger partial charge in [-0.1, -0.05) is 21.1 Å². The lowest BCUT2D eigenvalue weighted by molar-refractivity contribution is 0.245. The van der Waals surface area contributed by atoms with E-state index in [1.807, 2.05) is 24.3 Å². The highest BCUT2D eigenvalue weighted by Gasteiger charge is 2.27. The highest BCUT2D eigenvalue weighted by atomic mass is 79.9. The summed E-state index contributed by atoms with van der Waals surface area (Å²) in [6, 6.07) is 8.20. The minimum absolute atomic E-state index is 0.279. The van der Waals surface area contributed by atoms with Crippen molar-refractivity contribution >= 4 is 15.9 Å². The van der Waals surface area contributed by atoms with Gasteiger partial charge in [-0.05, 0) is 50.7 Å². The summed E-state index contributed by atoms with van der Waals surface area (Å²) in [6.07, 6.45) is 2.29. The summed E-state index contributed by atoms with van der Waals surface area (Å²) < 4.78 is 6.44. The molecule has 0 saturated carbocycles. The molecule has 1 saturated heterocycles. The first-order chi connectivity index (χ1) is 8.74. The summed E-state index contributed by atoms with van der Waals surface area (Å²) >= 11 is 3.41. The zero-order valence-electron chi connectivity index (χ0n) is 10.1. The SMILES string of the molecule is CN1CCCC1c1nc(-c2ccc(Br)cc2)no1. The summed E-state index contributed by atoms with van der Waals surface area (Å²) in [6.45, 7) is 1.10. The molecule has 1 atom stereocenters. The van der Waals surface area contributed by atoms with Gasteiger partial charge in [-0.2, -0.15) is 4.98 Å². The average Bonchev–Trinajstić information content (AvgIpc) is 2.98. The van der Waals surface area contributed by atoms with Crippen molar-refractivity contribution in [2.24, 2.45) is 0 Å². The monoisotopic (exact) mass is 307 g/mol. The molecule has 1 aromatic carbocycles. The van der Waals surface area contributed by atoms with Crippen LogP contribution < -0.4 is 0 Å². The van der Waals surface area contributed by atoms with Crippen molar-refractivity contribution in [2.45, 2.75) is 18.9 Å². The third-order valence-electron chi connectivity index (χ3n) is 3.35. The fourth-order valence-corrected chi connectivity index (χ4v) is 2.57. The molecule has 18 heavy (non-hydrogen) atoms. The fraction of sp³-hybridized carbons (Fsp3) is 0.385. The number of rotatable bonds is 2. The summed E-state index contributed by atoms with van der Waals surface area (Å²) in [5.74, 6) is 1.39. The molecule has 0 spiro atoms. The minimum Gasteiger partial charge on any atom is -0.337 e. The van der Waals surface area contributed by atoms with Crippen molar-refractivity contribution in [3.8, 4) is 11.4 Å². The number of hydrogen-bond donors (Lipinski definition) is 0. The molecule has 0 radical (unpaired) electrons. The Kier molecular flexibility index (Phi) is 3.18. The van der Waals surface area contributed by atoms with E-state index in [1.54, 1.807) is 0 Å². The normalized spacial score (nSPS) is 20.4. The smallest absolute Gasteiger partial charge is 0.244 e. The highest BCUT2D eigenvalue weighted by molar-refractivity contribution is 9.10. The first-order valence-electron chi connectivity index (χ1n) is 6.04. The van der Waals surface area contributed by atoms with Crippen LogP contribution in [0, 0.1) is 0 Å². The van der Waals surface area contributed by atoms with E-state index in [0.29, 0.717) is 5.82 Å². The minimum atomic E-state index is 0.279. The van der Waals surface area contributed by atoms with E-state index in [0.717, 1.165) is 28.9 Å². The van der Waals surface area contributed by atoms with Crippen LogP contribution in [0.25, 0.3) is 11.4 Å². The van der Waals surface area contributed by atoms with Gasteiger partial charge in [-0.25, -0.2) is 0 Å². The van der Waals surface area contributed by atoms with Crippen molar-refractivity contribution in [3.63, 3.8) is 0 Å². The van der Waals surface area contributed by atoms with E-state index in [9.17, 15) is 0 Å². The zero-order chi connectivity index (χ0) is 12.5. The largest absolute Gasteiger partial charge is 0.337 e. The van der Waals surface area contributed by atoms with Crippen LogP contribution in [0.2, 0.25) is 0 Å². The van der Waals surface area contributed by atoms with E-state index in [2.05, 4.69) is 38.0 Å². The standard InChI is InChI=1S/C13H14BrN3O/c1-17-8-2-3-11(17)13-15-12(16-18-13)9-4-6-10(14)7-5-9/h4-7,11H,2-3,8H2,1H3. The van der Waals surface area contributed by atoms with Gasteiger partial charge in [0.15, 0.2) is 0 Å². The van der Waals surface area contributed by atoms with Crippen LogP contribution in [0.4, 0.5) is 0 Å². The summed E-state index contributed by atoms with van der Waals surface area (Å²) in [7, 11) is 2.10. The molecule has 2 heterocycles. The van der Waals surface area contributed by atoms with Crippen molar-refractivity contribution in [3.05, 3.63) is 34.6 Å². The molecule has 4 nitrogen and oxygen atoms in total. The second-order valence-electron chi connectivity index (χ2n) is 4.60. The summed E-state index contributed by atoms with van der Waals surface area (Å²) in [5, 5.41) is 4.07. The van der Waals surface area contributed by atoms with Gasteiger partial charge in [0.25, 0.3) is 0 Å². The second kappa shape index (κ2) is 4.82. The van der Waals surface area contributed by atoms with Gasteiger partial charge in [-0.15, -0.1) is 0 Å². The molecule has 0 bridgehead atoms. The van der Waals surface area contributed by atoms with Gasteiger partial charge in [-0.3, -0.25) is 4.90 Å². The predicted octanol–water partition coefficient (Wildman–Crippen LogP) is 3.27. The van der Waals surface area contributed by atoms with E-state index >= 15 is 0 Å². The molecule has 1 unspecified atom stereocenters. The molecule has 1 aromatic heterocycles. The summed E-state index contributed by atoms with van der Waals surface area (Å²) in [4.78, 5) is 6.77. The lowest BCUT2D eigenvalue weighted by atomic mass is 10.2. The van der Waals surface area contributed by atoms with Gasteiger partial charge < -0.3 is 4.52 Å². The molecule has 1 fully saturated rings. The van der Waals surface area contributed by atoms with Gasteiger partial charge in [0.2, 0.25) is 11.7 Å². The van der Waals surface area contributed by atoms with Crippen LogP contribution in [0.3, 0.4) is 0 Å². The Labute approximate surface area is 114 Å². The zero-order valence-corrected chi connectivity index (χ0v) is 11.7. The Morgan fingerprint density at radius 3 is 2.78 bits per heavy atom. The molecule has 5 heteroatoms. The van der Waals surface area contributed by atoms with Gasteiger partial charge >= 0.3 is 0 Å². The first-order valence-corrected chi connectivity index (χ1v) is 6.83. The number of halogens is 1. The van der Waals surface area contributed by atoms with Gasteiger partial charge in [0.05, 0.1) is 6.04 Å². The lowest BCUT2D eigenvalue weighted by Crippen LogP contribution is -2.17. The molecule has 0 aliphatic carbocycles. The Morgan fingerprint density at radius 1 is 1.33 bits per heavy atom. The van der Waals surface area contributed by atoms with Crippen LogP contribution in [0.15, 0.2) is 33.3 Å². The van der Waals surface area contributed by atoms with Crippen LogP contribution in [0.5, 0.6) is 0 Å². The Morgan fingerprint density at radius 2 is 2.11 bits per heavy atom. The molecule has 2 aromatic rings. The van der Waals surface area contributed by atoms with Crippen molar-refractivity contribution in [2.75, 3.05) is 13.6 Å². The number of benzene rings is 1. The lowest BCUT2D eigenvalue weighted by Gasteiger charge is -2.14. The van der Waals surface area contributed by atoms with Crippen LogP contribution in [-0.2, 0) is 0 Å². The number of hydrogen-bond acceptors (Lipinski definition) is 4. The van der Waals surface area contributed by atoms with E-state index in [-0.39, 0.29) is 6.04 Å². The molecule has 3 rings (SSSR count). The third-order valence-corrected chi connectivity index (χ3v) is 3.88. The molecule has 94 valence electrons. The molecular formula is C13H14BrN3O. The number of likely N-dealkylation sites (tertiary alicyclic amines) is 1. The topological polar surface area (TPSA) is 42.2 Å². The second-order valence-corrected chi connectivity index (χ2v) is 5.52. The number of aromatic nitrogens is 2. The van der Waals surface area contributed by atoms with E-state index in [4.69, 9.17) is 4.52 Å². The molecule has 0 N–H and O–H groups in total.